The number of hydrogen-bond donors (Lipinski definition) is 2. The van der Waals surface area contributed by atoms with Crippen molar-refractivity contribution in [2.45, 2.75) is 25.1 Å². The van der Waals surface area contributed by atoms with Gasteiger partial charge >= 0.3 is 0 Å². The van der Waals surface area contributed by atoms with Crippen molar-refractivity contribution in [1.29, 1.82) is 0 Å². The molecular weight excluding hydrogens is 337 g/mol. The molecule has 0 saturated carbocycles. The number of carbonyl (C=O) groups excluding carboxylic acids is 1. The zero-order valence-electron chi connectivity index (χ0n) is 14.4. The molecule has 1 aliphatic rings. The summed E-state index contributed by atoms with van der Waals surface area (Å²) in [4.78, 5) is 17.9. The topological polar surface area (TPSA) is 89.2 Å². The first-order valence-corrected chi connectivity index (χ1v) is 8.44. The second-order valence-electron chi connectivity index (χ2n) is 6.58. The molecule has 1 saturated heterocycles. The van der Waals surface area contributed by atoms with Crippen LogP contribution in [0.2, 0.25) is 0 Å². The number of anilines is 1. The minimum atomic E-state index is -0.328. The number of nitrogens with two attached hydrogens (primary N) is 1. The number of ether oxygens (including phenoxy) is 1. The number of H-pyrrole nitrogens is 1. The average molecular weight is 357 g/mol. The lowest BCUT2D eigenvalue weighted by molar-refractivity contribution is 0.0674. The summed E-state index contributed by atoms with van der Waals surface area (Å²) in [6.07, 6.45) is 2.49. The Kier molecular flexibility index (Phi) is 4.12. The summed E-state index contributed by atoms with van der Waals surface area (Å²) in [6, 6.07) is 7.76. The zero-order chi connectivity index (χ0) is 18.3. The number of aromatic nitrogens is 3. The fraction of sp³-hybridized carbons (Fsp3) is 0.333. The molecule has 7 nitrogen and oxygen atoms in total. The van der Waals surface area contributed by atoms with Gasteiger partial charge in [0, 0.05) is 30.8 Å². The molecule has 3 N–H and O–H groups in total. The average Bonchev–Trinajstić information content (AvgIpc) is 3.32. The lowest BCUT2D eigenvalue weighted by Crippen LogP contribution is -2.38. The van der Waals surface area contributed by atoms with Crippen LogP contribution in [0.1, 0.15) is 16.9 Å². The van der Waals surface area contributed by atoms with Crippen molar-refractivity contribution >= 4 is 22.6 Å². The number of amides is 1. The van der Waals surface area contributed by atoms with Gasteiger partial charge in [-0.1, -0.05) is 0 Å². The van der Waals surface area contributed by atoms with Crippen LogP contribution >= 0.6 is 0 Å². The third-order valence-corrected chi connectivity index (χ3v) is 4.84. The van der Waals surface area contributed by atoms with Crippen LogP contribution in [0.4, 0.5) is 10.2 Å². The van der Waals surface area contributed by atoms with Crippen LogP contribution in [-0.2, 0) is 11.3 Å². The second kappa shape index (κ2) is 6.45. The molecule has 8 heteroatoms. The lowest BCUT2D eigenvalue weighted by Gasteiger charge is -2.23. The van der Waals surface area contributed by atoms with Crippen LogP contribution in [0.3, 0.4) is 0 Å². The SMILES string of the molecule is CO[C@H]1C[C@@H](Cn2ccc(N)n2)N(C(=O)c2cc3cc(F)ccc3[nH]2)C1. The maximum atomic E-state index is 13.4. The quantitative estimate of drug-likeness (QED) is 0.748. The summed E-state index contributed by atoms with van der Waals surface area (Å²) in [5, 5.41) is 4.88. The molecule has 1 amide bonds. The van der Waals surface area contributed by atoms with E-state index in [1.54, 1.807) is 41.1 Å². The Morgan fingerprint density at radius 2 is 2.27 bits per heavy atom. The molecule has 26 heavy (non-hydrogen) atoms. The molecule has 2 atom stereocenters. The van der Waals surface area contributed by atoms with E-state index in [1.807, 2.05) is 0 Å². The van der Waals surface area contributed by atoms with Gasteiger partial charge in [-0.3, -0.25) is 9.48 Å². The Labute approximate surface area is 149 Å². The highest BCUT2D eigenvalue weighted by Gasteiger charge is 2.36. The number of nitrogens with zero attached hydrogens (tertiary/aromatic N) is 3. The first-order chi connectivity index (χ1) is 12.5. The zero-order valence-corrected chi connectivity index (χ0v) is 14.4. The monoisotopic (exact) mass is 357 g/mol. The smallest absolute Gasteiger partial charge is 0.270 e. The van der Waals surface area contributed by atoms with Gasteiger partial charge in [-0.05, 0) is 36.8 Å². The summed E-state index contributed by atoms with van der Waals surface area (Å²) in [5.41, 5.74) is 6.84. The maximum absolute atomic E-state index is 13.4. The Hall–Kier alpha value is -2.87. The Morgan fingerprint density at radius 1 is 1.42 bits per heavy atom. The first kappa shape index (κ1) is 16.6. The summed E-state index contributed by atoms with van der Waals surface area (Å²) in [7, 11) is 1.65. The molecule has 0 bridgehead atoms. The van der Waals surface area contributed by atoms with E-state index in [9.17, 15) is 9.18 Å². The summed E-state index contributed by atoms with van der Waals surface area (Å²) in [5.74, 6) is -0.0154. The number of halogens is 1. The normalized spacial score (nSPS) is 20.2. The van der Waals surface area contributed by atoms with Crippen molar-refractivity contribution in [2.75, 3.05) is 19.4 Å². The molecule has 0 aliphatic carbocycles. The number of methoxy groups -OCH3 is 1. The van der Waals surface area contributed by atoms with Crippen LogP contribution in [0, 0.1) is 5.82 Å². The van der Waals surface area contributed by atoms with Crippen LogP contribution in [-0.4, -0.2) is 51.4 Å². The fourth-order valence-electron chi connectivity index (χ4n) is 3.53. The highest BCUT2D eigenvalue weighted by molar-refractivity contribution is 5.98. The van der Waals surface area contributed by atoms with Crippen molar-refractivity contribution < 1.29 is 13.9 Å². The Morgan fingerprint density at radius 3 is 3.00 bits per heavy atom. The molecule has 4 rings (SSSR count). The number of benzene rings is 1. The van der Waals surface area contributed by atoms with Crippen molar-refractivity contribution in [3.8, 4) is 0 Å². The van der Waals surface area contributed by atoms with Crippen LogP contribution in [0.25, 0.3) is 10.9 Å². The number of hydrogen-bond acceptors (Lipinski definition) is 4. The summed E-state index contributed by atoms with van der Waals surface area (Å²) >= 11 is 0. The van der Waals surface area contributed by atoms with Gasteiger partial charge in [0.25, 0.3) is 5.91 Å². The highest BCUT2D eigenvalue weighted by atomic mass is 19.1. The van der Waals surface area contributed by atoms with E-state index >= 15 is 0 Å². The predicted octanol–water partition coefficient (Wildman–Crippen LogP) is 2.02. The minimum Gasteiger partial charge on any atom is -0.382 e. The maximum Gasteiger partial charge on any atom is 0.270 e. The van der Waals surface area contributed by atoms with E-state index < -0.39 is 0 Å². The molecule has 1 aliphatic heterocycles. The molecule has 2 aromatic heterocycles. The van der Waals surface area contributed by atoms with E-state index in [0.717, 1.165) is 11.9 Å². The van der Waals surface area contributed by atoms with E-state index in [1.165, 1.54) is 12.1 Å². The van der Waals surface area contributed by atoms with Gasteiger partial charge in [0.2, 0.25) is 0 Å². The number of aromatic amines is 1. The summed E-state index contributed by atoms with van der Waals surface area (Å²) < 4.78 is 20.6. The van der Waals surface area contributed by atoms with E-state index in [4.69, 9.17) is 10.5 Å². The Bertz CT molecular complexity index is 950. The fourth-order valence-corrected chi connectivity index (χ4v) is 3.53. The third-order valence-electron chi connectivity index (χ3n) is 4.84. The first-order valence-electron chi connectivity index (χ1n) is 8.44. The van der Waals surface area contributed by atoms with Gasteiger partial charge in [-0.15, -0.1) is 0 Å². The number of nitrogens with one attached hydrogen (secondary N) is 1. The van der Waals surface area contributed by atoms with Gasteiger partial charge in [-0.25, -0.2) is 4.39 Å². The molecule has 1 aromatic carbocycles. The minimum absolute atomic E-state index is 0.0290. The number of rotatable bonds is 4. The van der Waals surface area contributed by atoms with Gasteiger partial charge in [0.05, 0.1) is 18.7 Å². The van der Waals surface area contributed by atoms with Crippen molar-refractivity contribution in [2.24, 2.45) is 0 Å². The van der Waals surface area contributed by atoms with Gasteiger partial charge in [-0.2, -0.15) is 5.10 Å². The number of fused-ring (bicyclic) bond motifs is 1. The predicted molar refractivity (Wildman–Crippen MR) is 95.1 cm³/mol. The van der Waals surface area contributed by atoms with Gasteiger partial charge < -0.3 is 20.4 Å². The van der Waals surface area contributed by atoms with Gasteiger partial charge in [0.15, 0.2) is 0 Å². The van der Waals surface area contributed by atoms with Crippen LogP contribution < -0.4 is 5.73 Å². The highest BCUT2D eigenvalue weighted by Crippen LogP contribution is 2.25. The number of nitrogen functional groups attached to an aromatic ring is 1. The van der Waals surface area contributed by atoms with Crippen LogP contribution in [0.15, 0.2) is 36.5 Å². The molecule has 136 valence electrons. The molecule has 0 unspecified atom stereocenters. The molecule has 0 spiro atoms. The molecular formula is C18H20FN5O2. The number of carbonyl (C=O) groups is 1. The number of likely N-dealkylation sites (tertiary alicyclic amines) is 1. The van der Waals surface area contributed by atoms with Crippen molar-refractivity contribution in [1.82, 2.24) is 19.7 Å². The van der Waals surface area contributed by atoms with E-state index in [-0.39, 0.29) is 23.9 Å². The van der Waals surface area contributed by atoms with E-state index in [0.29, 0.717) is 30.0 Å². The molecule has 0 radical (unpaired) electrons. The Balaban J connectivity index is 1.60. The second-order valence-corrected chi connectivity index (χ2v) is 6.58. The van der Waals surface area contributed by atoms with E-state index in [2.05, 4.69) is 10.1 Å². The van der Waals surface area contributed by atoms with Gasteiger partial charge in [0.1, 0.15) is 17.3 Å². The van der Waals surface area contributed by atoms with Crippen molar-refractivity contribution in [3.63, 3.8) is 0 Å². The van der Waals surface area contributed by atoms with Crippen molar-refractivity contribution in [3.05, 3.63) is 48.0 Å². The largest absolute Gasteiger partial charge is 0.382 e. The lowest BCUT2D eigenvalue weighted by atomic mass is 10.2. The summed E-state index contributed by atoms with van der Waals surface area (Å²) in [6.45, 7) is 1.04. The molecule has 3 aromatic rings. The third kappa shape index (κ3) is 3.03. The van der Waals surface area contributed by atoms with Crippen LogP contribution in [0.5, 0.6) is 0 Å². The standard InChI is InChI=1S/C18H20FN5O2/c1-26-14-8-13(9-23-5-4-17(20)22-23)24(10-14)18(25)16-7-11-6-12(19)2-3-15(11)21-16/h2-7,13-14,21H,8-10H2,1H3,(H2,20,22)/t13-,14-/m0/s1. The molecule has 1 fully saturated rings. The molecule has 3 heterocycles.